The number of morpholine rings is 1. The summed E-state index contributed by atoms with van der Waals surface area (Å²) in [6.07, 6.45) is 3.30. The van der Waals surface area contributed by atoms with Crippen LogP contribution >= 0.6 is 0 Å². The third-order valence-electron chi connectivity index (χ3n) is 3.98. The Kier molecular flexibility index (Phi) is 5.60. The topological polar surface area (TPSA) is 50.8 Å². The van der Waals surface area contributed by atoms with Crippen molar-refractivity contribution >= 4 is 5.91 Å². The van der Waals surface area contributed by atoms with Crippen LogP contribution in [-0.2, 0) is 14.3 Å². The molecule has 2 aliphatic rings. The Morgan fingerprint density at radius 2 is 2.26 bits per heavy atom. The smallest absolute Gasteiger partial charge is 0.223 e. The SMILES string of the molecule is CCOC1CC(CC(=O)N2CCOC(CNC)C2)C1. The predicted octanol–water partition coefficient (Wildman–Crippen LogP) is 0.638. The Bertz CT molecular complexity index is 290. The molecule has 1 N–H and O–H groups in total. The van der Waals surface area contributed by atoms with Gasteiger partial charge in [-0.1, -0.05) is 0 Å². The van der Waals surface area contributed by atoms with E-state index >= 15 is 0 Å². The molecule has 2 fully saturated rings. The number of carbonyl (C=O) groups is 1. The second-order valence-electron chi connectivity index (χ2n) is 5.51. The van der Waals surface area contributed by atoms with Crippen molar-refractivity contribution < 1.29 is 14.3 Å². The largest absolute Gasteiger partial charge is 0.378 e. The normalized spacial score (nSPS) is 31.1. The Labute approximate surface area is 115 Å². The van der Waals surface area contributed by atoms with E-state index in [0.29, 0.717) is 25.0 Å². The Hall–Kier alpha value is -0.650. The van der Waals surface area contributed by atoms with E-state index in [2.05, 4.69) is 5.32 Å². The van der Waals surface area contributed by atoms with Crippen molar-refractivity contribution in [1.82, 2.24) is 10.2 Å². The highest BCUT2D eigenvalue weighted by Crippen LogP contribution is 2.33. The lowest BCUT2D eigenvalue weighted by Gasteiger charge is -2.37. The number of carbonyl (C=O) groups excluding carboxylic acids is 1. The average Bonchev–Trinajstić information content (AvgIpc) is 2.37. The summed E-state index contributed by atoms with van der Waals surface area (Å²) in [6, 6.07) is 0. The zero-order valence-electron chi connectivity index (χ0n) is 12.1. The zero-order valence-corrected chi connectivity index (χ0v) is 12.1. The molecular weight excluding hydrogens is 244 g/mol. The maximum atomic E-state index is 12.2. The Balaban J connectivity index is 1.68. The van der Waals surface area contributed by atoms with E-state index in [1.165, 1.54) is 0 Å². The molecule has 5 heteroatoms. The summed E-state index contributed by atoms with van der Waals surface area (Å²) in [5, 5.41) is 3.10. The molecule has 1 unspecified atom stereocenters. The van der Waals surface area contributed by atoms with Crippen molar-refractivity contribution in [3.8, 4) is 0 Å². The molecule has 110 valence electrons. The van der Waals surface area contributed by atoms with Gasteiger partial charge in [0.2, 0.25) is 5.91 Å². The second-order valence-corrected chi connectivity index (χ2v) is 5.51. The van der Waals surface area contributed by atoms with Crippen LogP contribution in [0.3, 0.4) is 0 Å². The Morgan fingerprint density at radius 3 is 2.95 bits per heavy atom. The molecule has 1 atom stereocenters. The molecule has 1 aliphatic carbocycles. The first-order chi connectivity index (χ1) is 9.22. The summed E-state index contributed by atoms with van der Waals surface area (Å²) in [5.74, 6) is 0.805. The number of likely N-dealkylation sites (N-methyl/N-ethyl adjacent to an activating group) is 1. The maximum Gasteiger partial charge on any atom is 0.223 e. The standard InChI is InChI=1S/C14H26N2O3/c1-3-18-12-6-11(7-12)8-14(17)16-4-5-19-13(10-16)9-15-2/h11-13,15H,3-10H2,1-2H3. The summed E-state index contributed by atoms with van der Waals surface area (Å²) in [5.41, 5.74) is 0. The van der Waals surface area contributed by atoms with Crippen LogP contribution in [0.2, 0.25) is 0 Å². The van der Waals surface area contributed by atoms with E-state index in [-0.39, 0.29) is 12.0 Å². The quantitative estimate of drug-likeness (QED) is 0.769. The van der Waals surface area contributed by atoms with Gasteiger partial charge in [-0.05, 0) is 32.7 Å². The van der Waals surface area contributed by atoms with Gasteiger partial charge in [-0.3, -0.25) is 4.79 Å². The summed E-state index contributed by atoms with van der Waals surface area (Å²) in [6.45, 7) is 5.72. The van der Waals surface area contributed by atoms with Gasteiger partial charge >= 0.3 is 0 Å². The third kappa shape index (κ3) is 4.16. The second kappa shape index (κ2) is 7.22. The number of nitrogens with one attached hydrogen (secondary N) is 1. The lowest BCUT2D eigenvalue weighted by molar-refractivity contribution is -0.141. The zero-order chi connectivity index (χ0) is 13.7. The summed E-state index contributed by atoms with van der Waals surface area (Å²) < 4.78 is 11.1. The lowest BCUT2D eigenvalue weighted by atomic mass is 9.79. The molecule has 0 aromatic heterocycles. The van der Waals surface area contributed by atoms with E-state index < -0.39 is 0 Å². The van der Waals surface area contributed by atoms with Gasteiger partial charge in [0.15, 0.2) is 0 Å². The third-order valence-corrected chi connectivity index (χ3v) is 3.98. The Morgan fingerprint density at radius 1 is 1.47 bits per heavy atom. The van der Waals surface area contributed by atoms with Crippen LogP contribution in [0.5, 0.6) is 0 Å². The molecule has 0 aromatic carbocycles. The number of ether oxygens (including phenoxy) is 2. The molecule has 1 saturated carbocycles. The van der Waals surface area contributed by atoms with E-state index in [4.69, 9.17) is 9.47 Å². The number of nitrogens with zero attached hydrogens (tertiary/aromatic N) is 1. The number of hydrogen-bond acceptors (Lipinski definition) is 4. The van der Waals surface area contributed by atoms with Gasteiger partial charge in [0.1, 0.15) is 0 Å². The number of rotatable bonds is 6. The van der Waals surface area contributed by atoms with Crippen molar-refractivity contribution in [2.24, 2.45) is 5.92 Å². The van der Waals surface area contributed by atoms with Crippen LogP contribution in [0.4, 0.5) is 0 Å². The van der Waals surface area contributed by atoms with Crippen LogP contribution in [0.15, 0.2) is 0 Å². The number of hydrogen-bond donors (Lipinski definition) is 1. The van der Waals surface area contributed by atoms with Crippen LogP contribution in [0.25, 0.3) is 0 Å². The van der Waals surface area contributed by atoms with E-state index in [1.807, 2.05) is 18.9 Å². The summed E-state index contributed by atoms with van der Waals surface area (Å²) >= 11 is 0. The van der Waals surface area contributed by atoms with Gasteiger partial charge in [-0.25, -0.2) is 0 Å². The van der Waals surface area contributed by atoms with Crippen LogP contribution in [0.1, 0.15) is 26.2 Å². The van der Waals surface area contributed by atoms with Gasteiger partial charge in [0.25, 0.3) is 0 Å². The van der Waals surface area contributed by atoms with Crippen LogP contribution < -0.4 is 5.32 Å². The van der Waals surface area contributed by atoms with Crippen LogP contribution in [-0.4, -0.2) is 62.9 Å². The van der Waals surface area contributed by atoms with Crippen molar-refractivity contribution in [3.63, 3.8) is 0 Å². The first-order valence-corrected chi connectivity index (χ1v) is 7.38. The van der Waals surface area contributed by atoms with E-state index in [1.54, 1.807) is 0 Å². The maximum absolute atomic E-state index is 12.2. The monoisotopic (exact) mass is 270 g/mol. The molecule has 1 heterocycles. The fourth-order valence-corrected chi connectivity index (χ4v) is 2.89. The number of amides is 1. The van der Waals surface area contributed by atoms with E-state index in [9.17, 15) is 4.79 Å². The van der Waals surface area contributed by atoms with Crippen LogP contribution in [0, 0.1) is 5.92 Å². The van der Waals surface area contributed by atoms with Gasteiger partial charge in [0, 0.05) is 32.7 Å². The minimum atomic E-state index is 0.139. The van der Waals surface area contributed by atoms with Crippen molar-refractivity contribution in [2.45, 2.75) is 38.4 Å². The fraction of sp³-hybridized carbons (Fsp3) is 0.929. The first kappa shape index (κ1) is 14.8. The molecule has 5 nitrogen and oxygen atoms in total. The van der Waals surface area contributed by atoms with Gasteiger partial charge in [-0.15, -0.1) is 0 Å². The molecule has 2 rings (SSSR count). The minimum absolute atomic E-state index is 0.139. The van der Waals surface area contributed by atoms with Crippen molar-refractivity contribution in [3.05, 3.63) is 0 Å². The van der Waals surface area contributed by atoms with Crippen molar-refractivity contribution in [2.75, 3.05) is 39.9 Å². The molecule has 1 saturated heterocycles. The average molecular weight is 270 g/mol. The molecule has 1 aliphatic heterocycles. The molecule has 0 aromatic rings. The van der Waals surface area contributed by atoms with Crippen molar-refractivity contribution in [1.29, 1.82) is 0 Å². The first-order valence-electron chi connectivity index (χ1n) is 7.38. The highest BCUT2D eigenvalue weighted by atomic mass is 16.5. The fourth-order valence-electron chi connectivity index (χ4n) is 2.89. The molecule has 0 radical (unpaired) electrons. The van der Waals surface area contributed by atoms with E-state index in [0.717, 1.165) is 39.1 Å². The lowest BCUT2D eigenvalue weighted by Crippen LogP contribution is -2.49. The van der Waals surface area contributed by atoms with Gasteiger partial charge in [0.05, 0.1) is 18.8 Å². The van der Waals surface area contributed by atoms with Gasteiger partial charge < -0.3 is 19.7 Å². The molecule has 19 heavy (non-hydrogen) atoms. The predicted molar refractivity (Wildman–Crippen MR) is 73.0 cm³/mol. The highest BCUT2D eigenvalue weighted by molar-refractivity contribution is 5.76. The molecule has 1 amide bonds. The molecular formula is C14H26N2O3. The molecule has 0 spiro atoms. The van der Waals surface area contributed by atoms with Gasteiger partial charge in [-0.2, -0.15) is 0 Å². The molecule has 0 bridgehead atoms. The summed E-state index contributed by atoms with van der Waals surface area (Å²) in [4.78, 5) is 14.2. The summed E-state index contributed by atoms with van der Waals surface area (Å²) in [7, 11) is 1.91. The minimum Gasteiger partial charge on any atom is -0.378 e. The highest BCUT2D eigenvalue weighted by Gasteiger charge is 2.33.